The monoisotopic (exact) mass is 481 g/mol. The van der Waals surface area contributed by atoms with Gasteiger partial charge < -0.3 is 9.47 Å². The van der Waals surface area contributed by atoms with Gasteiger partial charge in [-0.2, -0.15) is 0 Å². The standard InChI is InChI=1S/C29H27N3O4/c1-4-35-25-14-7-22(8-15-25)9-18-28(33)36-26-16-10-23(11-17-26)30-19-27-21(3)31-32(29(27)34)24-12-5-20(2)6-13-24/h5-19,31H,4H2,1-3H3/b18-9+,30-19?. The number of aliphatic imine (C=N–C) groups is 1. The average Bonchev–Trinajstić information content (AvgIpc) is 3.17. The minimum atomic E-state index is -0.486. The van der Waals surface area contributed by atoms with E-state index in [-0.39, 0.29) is 5.56 Å². The topological polar surface area (TPSA) is 85.7 Å². The predicted molar refractivity (Wildman–Crippen MR) is 142 cm³/mol. The zero-order valence-electron chi connectivity index (χ0n) is 20.4. The summed E-state index contributed by atoms with van der Waals surface area (Å²) < 4.78 is 12.3. The lowest BCUT2D eigenvalue weighted by Gasteiger charge is -2.03. The highest BCUT2D eigenvalue weighted by Crippen LogP contribution is 2.19. The van der Waals surface area contributed by atoms with Crippen LogP contribution in [0.15, 0.2) is 88.7 Å². The quantitative estimate of drug-likeness (QED) is 0.155. The number of H-pyrrole nitrogens is 1. The predicted octanol–water partition coefficient (Wildman–Crippen LogP) is 5.55. The molecule has 0 spiro atoms. The van der Waals surface area contributed by atoms with Crippen molar-refractivity contribution in [3.05, 3.63) is 112 Å². The molecule has 1 aromatic heterocycles. The van der Waals surface area contributed by atoms with Crippen LogP contribution in [0.3, 0.4) is 0 Å². The zero-order valence-corrected chi connectivity index (χ0v) is 20.4. The van der Waals surface area contributed by atoms with E-state index in [1.807, 2.05) is 69.3 Å². The Hall–Kier alpha value is -4.65. The van der Waals surface area contributed by atoms with E-state index in [1.54, 1.807) is 36.6 Å². The maximum atomic E-state index is 12.9. The lowest BCUT2D eigenvalue weighted by Crippen LogP contribution is -2.17. The molecule has 4 rings (SSSR count). The van der Waals surface area contributed by atoms with Crippen LogP contribution in [0.2, 0.25) is 0 Å². The van der Waals surface area contributed by atoms with Crippen LogP contribution < -0.4 is 15.0 Å². The molecule has 1 heterocycles. The molecule has 182 valence electrons. The van der Waals surface area contributed by atoms with Gasteiger partial charge in [0.2, 0.25) is 0 Å². The lowest BCUT2D eigenvalue weighted by molar-refractivity contribution is -0.128. The fraction of sp³-hybridized carbons (Fsp3) is 0.138. The van der Waals surface area contributed by atoms with Crippen LogP contribution in [-0.2, 0) is 4.79 Å². The Bertz CT molecular complexity index is 1440. The molecule has 0 aliphatic carbocycles. The van der Waals surface area contributed by atoms with Crippen LogP contribution in [0.4, 0.5) is 5.69 Å². The highest BCUT2D eigenvalue weighted by atomic mass is 16.5. The Morgan fingerprint density at radius 2 is 1.61 bits per heavy atom. The molecule has 0 atom stereocenters. The molecule has 0 aliphatic heterocycles. The van der Waals surface area contributed by atoms with E-state index >= 15 is 0 Å². The Morgan fingerprint density at radius 1 is 0.944 bits per heavy atom. The van der Waals surface area contributed by atoms with Crippen LogP contribution in [0.5, 0.6) is 11.5 Å². The van der Waals surface area contributed by atoms with Gasteiger partial charge in [0.15, 0.2) is 0 Å². The molecule has 0 fully saturated rings. The number of nitrogens with zero attached hydrogens (tertiary/aromatic N) is 2. The van der Waals surface area contributed by atoms with E-state index in [0.29, 0.717) is 29.3 Å². The van der Waals surface area contributed by atoms with Gasteiger partial charge in [-0.05, 0) is 80.9 Å². The Kier molecular flexibility index (Phi) is 7.60. The molecule has 7 nitrogen and oxygen atoms in total. The van der Waals surface area contributed by atoms with Crippen LogP contribution in [0.1, 0.15) is 29.3 Å². The molecule has 0 saturated carbocycles. The highest BCUT2D eigenvalue weighted by Gasteiger charge is 2.10. The number of ether oxygens (including phenoxy) is 2. The van der Waals surface area contributed by atoms with E-state index in [0.717, 1.165) is 22.6 Å². The smallest absolute Gasteiger partial charge is 0.336 e. The number of carbonyl (C=O) groups is 1. The zero-order chi connectivity index (χ0) is 25.5. The molecular weight excluding hydrogens is 454 g/mol. The van der Waals surface area contributed by atoms with E-state index < -0.39 is 5.97 Å². The van der Waals surface area contributed by atoms with Crippen molar-refractivity contribution in [1.29, 1.82) is 0 Å². The molecule has 0 radical (unpaired) electrons. The SMILES string of the molecule is CCOc1ccc(/C=C/C(=O)Oc2ccc(N=Cc3c(C)[nH]n(-c4ccc(C)cc4)c3=O)cc2)cc1. The fourth-order valence-electron chi connectivity index (χ4n) is 3.48. The first-order chi connectivity index (χ1) is 17.4. The minimum Gasteiger partial charge on any atom is -0.494 e. The average molecular weight is 482 g/mol. The van der Waals surface area contributed by atoms with Crippen molar-refractivity contribution < 1.29 is 14.3 Å². The summed E-state index contributed by atoms with van der Waals surface area (Å²) in [7, 11) is 0. The number of aromatic amines is 1. The fourth-order valence-corrected chi connectivity index (χ4v) is 3.48. The van der Waals surface area contributed by atoms with Crippen LogP contribution in [0.25, 0.3) is 11.8 Å². The van der Waals surface area contributed by atoms with Crippen LogP contribution >= 0.6 is 0 Å². The Morgan fingerprint density at radius 3 is 2.28 bits per heavy atom. The maximum absolute atomic E-state index is 12.9. The summed E-state index contributed by atoms with van der Waals surface area (Å²) in [5.41, 5.74) is 4.39. The van der Waals surface area contributed by atoms with Gasteiger partial charge in [-0.25, -0.2) is 9.48 Å². The van der Waals surface area contributed by atoms with Gasteiger partial charge in [0.25, 0.3) is 5.56 Å². The number of esters is 1. The molecule has 3 aromatic carbocycles. The molecule has 4 aromatic rings. The molecule has 0 unspecified atom stereocenters. The Labute approximate surface area is 209 Å². The lowest BCUT2D eigenvalue weighted by atomic mass is 10.2. The highest BCUT2D eigenvalue weighted by molar-refractivity contribution is 5.88. The van der Waals surface area contributed by atoms with E-state index in [1.165, 1.54) is 10.8 Å². The maximum Gasteiger partial charge on any atom is 0.336 e. The first-order valence-corrected chi connectivity index (χ1v) is 11.6. The molecule has 7 heteroatoms. The van der Waals surface area contributed by atoms with Gasteiger partial charge in [0.05, 0.1) is 23.5 Å². The summed E-state index contributed by atoms with van der Waals surface area (Å²) in [4.78, 5) is 29.4. The van der Waals surface area contributed by atoms with Crippen LogP contribution in [0, 0.1) is 13.8 Å². The summed E-state index contributed by atoms with van der Waals surface area (Å²) in [6.45, 7) is 6.36. The van der Waals surface area contributed by atoms with Crippen molar-refractivity contribution in [2.45, 2.75) is 20.8 Å². The largest absolute Gasteiger partial charge is 0.494 e. The van der Waals surface area contributed by atoms with Crippen molar-refractivity contribution in [2.75, 3.05) is 6.61 Å². The molecule has 36 heavy (non-hydrogen) atoms. The third-order valence-electron chi connectivity index (χ3n) is 5.41. The second-order valence-electron chi connectivity index (χ2n) is 8.14. The van der Waals surface area contributed by atoms with Crippen molar-refractivity contribution in [3.8, 4) is 17.2 Å². The summed E-state index contributed by atoms with van der Waals surface area (Å²) >= 11 is 0. The number of aromatic nitrogens is 2. The van der Waals surface area contributed by atoms with Gasteiger partial charge >= 0.3 is 5.97 Å². The van der Waals surface area contributed by atoms with Crippen molar-refractivity contribution in [1.82, 2.24) is 9.78 Å². The number of aryl methyl sites for hydroxylation is 2. The Balaban J connectivity index is 1.39. The van der Waals surface area contributed by atoms with Crippen LogP contribution in [-0.4, -0.2) is 28.6 Å². The van der Waals surface area contributed by atoms with Gasteiger partial charge in [0, 0.05) is 18.0 Å². The van der Waals surface area contributed by atoms with Crippen molar-refractivity contribution >= 4 is 23.9 Å². The molecule has 0 saturated heterocycles. The van der Waals surface area contributed by atoms with Crippen molar-refractivity contribution in [3.63, 3.8) is 0 Å². The third-order valence-corrected chi connectivity index (χ3v) is 5.41. The normalized spacial score (nSPS) is 11.3. The summed E-state index contributed by atoms with van der Waals surface area (Å²) in [6, 6.07) is 21.9. The van der Waals surface area contributed by atoms with Gasteiger partial charge in [-0.3, -0.25) is 14.9 Å². The number of benzene rings is 3. The van der Waals surface area contributed by atoms with E-state index in [2.05, 4.69) is 10.1 Å². The number of rotatable bonds is 8. The number of hydrogen-bond acceptors (Lipinski definition) is 5. The second-order valence-corrected chi connectivity index (χ2v) is 8.14. The van der Waals surface area contributed by atoms with Gasteiger partial charge in [-0.1, -0.05) is 29.8 Å². The number of nitrogens with one attached hydrogen (secondary N) is 1. The third kappa shape index (κ3) is 6.07. The second kappa shape index (κ2) is 11.2. The molecule has 0 amide bonds. The van der Waals surface area contributed by atoms with Crippen molar-refractivity contribution in [2.24, 2.45) is 4.99 Å². The summed E-state index contributed by atoms with van der Waals surface area (Å²) in [6.07, 6.45) is 4.59. The summed E-state index contributed by atoms with van der Waals surface area (Å²) in [5, 5.41) is 3.09. The van der Waals surface area contributed by atoms with Gasteiger partial charge in [-0.15, -0.1) is 0 Å². The minimum absolute atomic E-state index is 0.176. The first-order valence-electron chi connectivity index (χ1n) is 11.6. The number of carbonyl (C=O) groups excluding carboxylic acids is 1. The first kappa shape index (κ1) is 24.5. The number of hydrogen-bond donors (Lipinski definition) is 1. The molecule has 1 N–H and O–H groups in total. The molecular formula is C29H27N3O4. The summed E-state index contributed by atoms with van der Waals surface area (Å²) in [5.74, 6) is 0.693. The van der Waals surface area contributed by atoms with E-state index in [4.69, 9.17) is 9.47 Å². The molecule has 0 bridgehead atoms. The molecule has 0 aliphatic rings. The van der Waals surface area contributed by atoms with Gasteiger partial charge in [0.1, 0.15) is 11.5 Å². The van der Waals surface area contributed by atoms with E-state index in [9.17, 15) is 9.59 Å².